The molecule has 0 bridgehead atoms. The van der Waals surface area contributed by atoms with E-state index in [1.54, 1.807) is 0 Å². The van der Waals surface area contributed by atoms with E-state index < -0.39 is 0 Å². The first-order chi connectivity index (χ1) is 7.85. The van der Waals surface area contributed by atoms with Gasteiger partial charge in [-0.25, -0.2) is 0 Å². The Morgan fingerprint density at radius 2 is 2.25 bits per heavy atom. The standard InChI is InChI=1S/C12H21N3S/c1-16-12(6-3-2-4-7-12)10-13-9-11-5-8-14-15-11/h5,8,13H,2-4,6-7,9-10H2,1H3,(H,14,15). The fourth-order valence-corrected chi connectivity index (χ4v) is 3.40. The Bertz CT molecular complexity index is 291. The largest absolute Gasteiger partial charge is 0.310 e. The molecule has 0 unspecified atom stereocenters. The monoisotopic (exact) mass is 239 g/mol. The molecule has 1 aromatic heterocycles. The van der Waals surface area contributed by atoms with E-state index in [4.69, 9.17) is 0 Å². The van der Waals surface area contributed by atoms with Gasteiger partial charge < -0.3 is 5.32 Å². The topological polar surface area (TPSA) is 40.7 Å². The molecule has 1 aliphatic rings. The predicted molar refractivity (Wildman–Crippen MR) is 69.6 cm³/mol. The molecule has 0 amide bonds. The average molecular weight is 239 g/mol. The van der Waals surface area contributed by atoms with E-state index in [1.165, 1.54) is 37.8 Å². The van der Waals surface area contributed by atoms with Crippen molar-refractivity contribution in [2.24, 2.45) is 0 Å². The van der Waals surface area contributed by atoms with Crippen molar-refractivity contribution in [3.8, 4) is 0 Å². The summed E-state index contributed by atoms with van der Waals surface area (Å²) in [5, 5.41) is 10.5. The third kappa shape index (κ3) is 3.01. The van der Waals surface area contributed by atoms with Crippen LogP contribution in [0.5, 0.6) is 0 Å². The van der Waals surface area contributed by atoms with E-state index >= 15 is 0 Å². The second-order valence-corrected chi connectivity index (χ2v) is 5.91. The maximum Gasteiger partial charge on any atom is 0.0490 e. The second-order valence-electron chi connectivity index (χ2n) is 4.63. The third-order valence-electron chi connectivity index (χ3n) is 3.52. The molecule has 16 heavy (non-hydrogen) atoms. The van der Waals surface area contributed by atoms with Gasteiger partial charge >= 0.3 is 0 Å². The Balaban J connectivity index is 1.78. The van der Waals surface area contributed by atoms with Gasteiger partial charge in [-0.05, 0) is 25.2 Å². The van der Waals surface area contributed by atoms with Crippen LogP contribution in [0.25, 0.3) is 0 Å². The van der Waals surface area contributed by atoms with Gasteiger partial charge in [-0.3, -0.25) is 5.10 Å². The molecule has 0 aromatic carbocycles. The Morgan fingerprint density at radius 1 is 1.44 bits per heavy atom. The van der Waals surface area contributed by atoms with Gasteiger partial charge in [0.25, 0.3) is 0 Å². The van der Waals surface area contributed by atoms with Crippen LogP contribution in [0.1, 0.15) is 37.8 Å². The fraction of sp³-hybridized carbons (Fsp3) is 0.750. The summed E-state index contributed by atoms with van der Waals surface area (Å²) < 4.78 is 0.484. The smallest absolute Gasteiger partial charge is 0.0490 e. The molecule has 3 nitrogen and oxygen atoms in total. The minimum atomic E-state index is 0.484. The lowest BCUT2D eigenvalue weighted by Gasteiger charge is -2.36. The van der Waals surface area contributed by atoms with Crippen LogP contribution in [0.2, 0.25) is 0 Å². The number of nitrogens with one attached hydrogen (secondary N) is 2. The van der Waals surface area contributed by atoms with Crippen LogP contribution in [0, 0.1) is 0 Å². The number of aromatic nitrogens is 2. The zero-order chi connectivity index (χ0) is 11.3. The van der Waals surface area contributed by atoms with Crippen LogP contribution in [0.3, 0.4) is 0 Å². The summed E-state index contributed by atoms with van der Waals surface area (Å²) in [5.74, 6) is 0. The number of thioether (sulfide) groups is 1. The molecule has 0 radical (unpaired) electrons. The number of rotatable bonds is 5. The first-order valence-corrected chi connectivity index (χ1v) is 7.31. The zero-order valence-corrected chi connectivity index (χ0v) is 10.8. The first-order valence-electron chi connectivity index (χ1n) is 6.09. The summed E-state index contributed by atoms with van der Waals surface area (Å²) >= 11 is 2.04. The molecule has 0 spiro atoms. The molecular formula is C12H21N3S. The van der Waals surface area contributed by atoms with Crippen LogP contribution >= 0.6 is 11.8 Å². The van der Waals surface area contributed by atoms with E-state index in [1.807, 2.05) is 24.0 Å². The third-order valence-corrected chi connectivity index (χ3v) is 4.94. The van der Waals surface area contributed by atoms with Crippen molar-refractivity contribution in [3.05, 3.63) is 18.0 Å². The minimum absolute atomic E-state index is 0.484. The first kappa shape index (κ1) is 12.0. The molecule has 4 heteroatoms. The number of hydrogen-bond acceptors (Lipinski definition) is 3. The Hall–Kier alpha value is -0.480. The van der Waals surface area contributed by atoms with Crippen molar-refractivity contribution >= 4 is 11.8 Å². The van der Waals surface area contributed by atoms with Crippen LogP contribution in [0.4, 0.5) is 0 Å². The lowest BCUT2D eigenvalue weighted by molar-refractivity contribution is 0.379. The maximum absolute atomic E-state index is 3.95. The van der Waals surface area contributed by atoms with E-state index in [2.05, 4.69) is 21.8 Å². The molecule has 1 saturated carbocycles. The van der Waals surface area contributed by atoms with Gasteiger partial charge in [-0.2, -0.15) is 16.9 Å². The highest BCUT2D eigenvalue weighted by Gasteiger charge is 2.30. The van der Waals surface area contributed by atoms with E-state index in [0.29, 0.717) is 4.75 Å². The highest BCUT2D eigenvalue weighted by Crippen LogP contribution is 2.37. The number of aromatic amines is 1. The van der Waals surface area contributed by atoms with E-state index in [9.17, 15) is 0 Å². The molecule has 90 valence electrons. The summed E-state index contributed by atoms with van der Waals surface area (Å²) in [6.45, 7) is 2.02. The highest BCUT2D eigenvalue weighted by atomic mass is 32.2. The van der Waals surface area contributed by atoms with Crippen LogP contribution in [-0.4, -0.2) is 27.7 Å². The van der Waals surface area contributed by atoms with Crippen molar-refractivity contribution in [2.75, 3.05) is 12.8 Å². The fourth-order valence-electron chi connectivity index (χ4n) is 2.46. The minimum Gasteiger partial charge on any atom is -0.310 e. The van der Waals surface area contributed by atoms with E-state index in [0.717, 1.165) is 13.1 Å². The quantitative estimate of drug-likeness (QED) is 0.829. The summed E-state index contributed by atoms with van der Waals surface area (Å²) in [5.41, 5.74) is 1.17. The predicted octanol–water partition coefficient (Wildman–Crippen LogP) is 2.57. The van der Waals surface area contributed by atoms with Gasteiger partial charge in [0.2, 0.25) is 0 Å². The van der Waals surface area contributed by atoms with Gasteiger partial charge in [0.05, 0.1) is 0 Å². The molecule has 1 aliphatic carbocycles. The lowest BCUT2D eigenvalue weighted by Crippen LogP contribution is -2.39. The van der Waals surface area contributed by atoms with Crippen LogP contribution in [0.15, 0.2) is 12.3 Å². The summed E-state index contributed by atoms with van der Waals surface area (Å²) in [4.78, 5) is 0. The summed E-state index contributed by atoms with van der Waals surface area (Å²) in [6, 6.07) is 2.03. The van der Waals surface area contributed by atoms with Gasteiger partial charge in [-0.15, -0.1) is 0 Å². The lowest BCUT2D eigenvalue weighted by atomic mass is 9.88. The van der Waals surface area contributed by atoms with Crippen molar-refractivity contribution < 1.29 is 0 Å². The van der Waals surface area contributed by atoms with Gasteiger partial charge in [0.15, 0.2) is 0 Å². The number of hydrogen-bond donors (Lipinski definition) is 2. The van der Waals surface area contributed by atoms with Gasteiger partial charge in [-0.1, -0.05) is 19.3 Å². The Labute approximate surface area is 102 Å². The summed E-state index contributed by atoms with van der Waals surface area (Å²) in [7, 11) is 0. The molecule has 2 rings (SSSR count). The van der Waals surface area contributed by atoms with Gasteiger partial charge in [0, 0.05) is 29.7 Å². The van der Waals surface area contributed by atoms with Gasteiger partial charge in [0.1, 0.15) is 0 Å². The highest BCUT2D eigenvalue weighted by molar-refractivity contribution is 8.00. The molecule has 1 fully saturated rings. The van der Waals surface area contributed by atoms with Crippen molar-refractivity contribution in [3.63, 3.8) is 0 Å². The van der Waals surface area contributed by atoms with Crippen molar-refractivity contribution in [1.29, 1.82) is 0 Å². The van der Waals surface area contributed by atoms with Crippen LogP contribution in [-0.2, 0) is 6.54 Å². The Morgan fingerprint density at radius 3 is 2.88 bits per heavy atom. The molecule has 2 N–H and O–H groups in total. The molecule has 0 aliphatic heterocycles. The number of nitrogens with zero attached hydrogens (tertiary/aromatic N) is 1. The van der Waals surface area contributed by atoms with Crippen molar-refractivity contribution in [1.82, 2.24) is 15.5 Å². The molecule has 1 heterocycles. The molecule has 0 atom stereocenters. The normalized spacial score (nSPS) is 19.8. The summed E-state index contributed by atoms with van der Waals surface area (Å²) in [6.07, 6.45) is 11.0. The second kappa shape index (κ2) is 5.73. The zero-order valence-electron chi connectivity index (χ0n) is 9.96. The SMILES string of the molecule is CSC1(CNCc2ccn[nH]2)CCCCC1. The van der Waals surface area contributed by atoms with Crippen LogP contribution < -0.4 is 5.32 Å². The van der Waals surface area contributed by atoms with Crippen molar-refractivity contribution in [2.45, 2.75) is 43.4 Å². The average Bonchev–Trinajstić information content (AvgIpc) is 2.83. The maximum atomic E-state index is 3.95. The Kier molecular flexibility index (Phi) is 4.29. The number of H-pyrrole nitrogens is 1. The van der Waals surface area contributed by atoms with E-state index in [-0.39, 0.29) is 0 Å². The molecule has 1 aromatic rings. The molecule has 0 saturated heterocycles. The molecular weight excluding hydrogens is 218 g/mol.